The Hall–Kier alpha value is -1.48. The Morgan fingerprint density at radius 1 is 1.11 bits per heavy atom. The van der Waals surface area contributed by atoms with E-state index in [9.17, 15) is 4.39 Å². The summed E-state index contributed by atoms with van der Waals surface area (Å²) in [4.78, 5) is 8.72. The lowest BCUT2D eigenvalue weighted by molar-refractivity contribution is 0.628. The number of hydrogen-bond acceptors (Lipinski definition) is 2. The molecule has 0 saturated heterocycles. The van der Waals surface area contributed by atoms with Crippen molar-refractivity contribution in [1.82, 2.24) is 9.97 Å². The smallest absolute Gasteiger partial charge is 0.161 e. The molecule has 2 aromatic rings. The molecule has 0 fully saturated rings. The van der Waals surface area contributed by atoms with E-state index in [2.05, 4.69) is 23.8 Å². The summed E-state index contributed by atoms with van der Waals surface area (Å²) in [6, 6.07) is 6.07. The van der Waals surface area contributed by atoms with Crippen LogP contribution in [0.3, 0.4) is 0 Å². The number of aromatic nitrogens is 2. The van der Waals surface area contributed by atoms with Crippen LogP contribution in [-0.4, -0.2) is 9.97 Å². The zero-order valence-electron chi connectivity index (χ0n) is 10.5. The third kappa shape index (κ3) is 2.51. The van der Waals surface area contributed by atoms with Crippen LogP contribution >= 0.6 is 11.6 Å². The summed E-state index contributed by atoms with van der Waals surface area (Å²) in [5, 5.41) is 0.469. The standard InChI is InChI=1S/C14H14ClFN2/c1-8(2)12-9(3)17-14(18-13(12)15)10-4-6-11(16)7-5-10/h4-8H,1-3H3. The van der Waals surface area contributed by atoms with Gasteiger partial charge in [0.15, 0.2) is 5.82 Å². The maximum absolute atomic E-state index is 12.9. The summed E-state index contributed by atoms with van der Waals surface area (Å²) >= 11 is 6.19. The molecule has 18 heavy (non-hydrogen) atoms. The van der Waals surface area contributed by atoms with Crippen molar-refractivity contribution >= 4 is 11.6 Å². The Balaban J connectivity index is 2.51. The minimum Gasteiger partial charge on any atom is -0.233 e. The first-order valence-electron chi connectivity index (χ1n) is 5.79. The van der Waals surface area contributed by atoms with E-state index >= 15 is 0 Å². The molecule has 1 aromatic heterocycles. The van der Waals surface area contributed by atoms with Gasteiger partial charge in [-0.05, 0) is 37.1 Å². The molecule has 0 N–H and O–H groups in total. The van der Waals surface area contributed by atoms with E-state index in [1.165, 1.54) is 12.1 Å². The highest BCUT2D eigenvalue weighted by Gasteiger charge is 2.13. The highest BCUT2D eigenvalue weighted by Crippen LogP contribution is 2.27. The maximum atomic E-state index is 12.9. The molecule has 0 bridgehead atoms. The molecule has 1 aromatic carbocycles. The van der Waals surface area contributed by atoms with Crippen molar-refractivity contribution in [1.29, 1.82) is 0 Å². The van der Waals surface area contributed by atoms with Gasteiger partial charge in [-0.2, -0.15) is 0 Å². The van der Waals surface area contributed by atoms with Crippen LogP contribution in [0, 0.1) is 12.7 Å². The number of hydrogen-bond donors (Lipinski definition) is 0. The van der Waals surface area contributed by atoms with Gasteiger partial charge in [-0.25, -0.2) is 14.4 Å². The van der Waals surface area contributed by atoms with Crippen LogP contribution in [0.4, 0.5) is 4.39 Å². The normalized spacial score (nSPS) is 11.0. The van der Waals surface area contributed by atoms with Crippen molar-refractivity contribution in [2.24, 2.45) is 0 Å². The minimum atomic E-state index is -0.277. The molecular weight excluding hydrogens is 251 g/mol. The molecule has 0 spiro atoms. The molecule has 0 amide bonds. The molecule has 0 atom stereocenters. The molecular formula is C14H14ClFN2. The van der Waals surface area contributed by atoms with Crippen LogP contribution in [0.5, 0.6) is 0 Å². The fourth-order valence-electron chi connectivity index (χ4n) is 1.93. The molecule has 0 unspecified atom stereocenters. The Labute approximate surface area is 111 Å². The van der Waals surface area contributed by atoms with Crippen molar-refractivity contribution < 1.29 is 4.39 Å². The third-order valence-electron chi connectivity index (χ3n) is 2.77. The minimum absolute atomic E-state index is 0.277. The second kappa shape index (κ2) is 5.02. The summed E-state index contributed by atoms with van der Waals surface area (Å²) in [5.74, 6) is 0.530. The van der Waals surface area contributed by atoms with Crippen molar-refractivity contribution in [2.45, 2.75) is 26.7 Å². The Morgan fingerprint density at radius 2 is 1.72 bits per heavy atom. The van der Waals surface area contributed by atoms with E-state index in [4.69, 9.17) is 11.6 Å². The van der Waals surface area contributed by atoms with Gasteiger partial charge in [0.1, 0.15) is 11.0 Å². The van der Waals surface area contributed by atoms with E-state index < -0.39 is 0 Å². The van der Waals surface area contributed by atoms with E-state index in [0.29, 0.717) is 11.0 Å². The first-order chi connectivity index (χ1) is 8.49. The van der Waals surface area contributed by atoms with Gasteiger partial charge in [-0.1, -0.05) is 25.4 Å². The van der Waals surface area contributed by atoms with Crippen LogP contribution in [0.25, 0.3) is 11.4 Å². The first kappa shape index (κ1) is 13.0. The fraction of sp³-hybridized carbons (Fsp3) is 0.286. The van der Waals surface area contributed by atoms with Gasteiger partial charge >= 0.3 is 0 Å². The van der Waals surface area contributed by atoms with Gasteiger partial charge in [-0.15, -0.1) is 0 Å². The second-order valence-corrected chi connectivity index (χ2v) is 4.86. The monoisotopic (exact) mass is 264 g/mol. The second-order valence-electron chi connectivity index (χ2n) is 4.50. The zero-order chi connectivity index (χ0) is 13.3. The van der Waals surface area contributed by atoms with Crippen LogP contribution < -0.4 is 0 Å². The summed E-state index contributed by atoms with van der Waals surface area (Å²) < 4.78 is 12.9. The molecule has 1 heterocycles. The Kier molecular flexibility index (Phi) is 3.62. The predicted octanol–water partition coefficient (Wildman–Crippen LogP) is 4.37. The number of nitrogens with zero attached hydrogens (tertiary/aromatic N) is 2. The van der Waals surface area contributed by atoms with Crippen LogP contribution in [0.2, 0.25) is 5.15 Å². The summed E-state index contributed by atoms with van der Waals surface area (Å²) in [5.41, 5.74) is 2.59. The fourth-order valence-corrected chi connectivity index (χ4v) is 2.37. The Morgan fingerprint density at radius 3 is 2.22 bits per heavy atom. The third-order valence-corrected chi connectivity index (χ3v) is 3.06. The number of aryl methyl sites for hydroxylation is 1. The van der Waals surface area contributed by atoms with Crippen LogP contribution in [0.15, 0.2) is 24.3 Å². The lowest BCUT2D eigenvalue weighted by atomic mass is 10.0. The Bertz CT molecular complexity index is 542. The van der Waals surface area contributed by atoms with Crippen molar-refractivity contribution in [2.75, 3.05) is 0 Å². The largest absolute Gasteiger partial charge is 0.233 e. The molecule has 2 nitrogen and oxygen atoms in total. The summed E-state index contributed by atoms with van der Waals surface area (Å²) in [6.07, 6.45) is 0. The predicted molar refractivity (Wildman–Crippen MR) is 71.3 cm³/mol. The van der Waals surface area contributed by atoms with Crippen molar-refractivity contribution in [3.63, 3.8) is 0 Å². The molecule has 0 radical (unpaired) electrons. The summed E-state index contributed by atoms with van der Waals surface area (Å²) in [7, 11) is 0. The molecule has 0 aliphatic heterocycles. The first-order valence-corrected chi connectivity index (χ1v) is 6.17. The number of halogens is 2. The van der Waals surface area contributed by atoms with Crippen LogP contribution in [0.1, 0.15) is 31.0 Å². The highest BCUT2D eigenvalue weighted by molar-refractivity contribution is 6.30. The molecule has 4 heteroatoms. The van der Waals surface area contributed by atoms with Gasteiger partial charge in [0.2, 0.25) is 0 Å². The lowest BCUT2D eigenvalue weighted by Gasteiger charge is -2.12. The van der Waals surface area contributed by atoms with E-state index in [0.717, 1.165) is 16.8 Å². The molecule has 0 saturated carbocycles. The van der Waals surface area contributed by atoms with Gasteiger partial charge in [-0.3, -0.25) is 0 Å². The lowest BCUT2D eigenvalue weighted by Crippen LogP contribution is -2.01. The summed E-state index contributed by atoms with van der Waals surface area (Å²) in [6.45, 7) is 6.01. The van der Waals surface area contributed by atoms with E-state index in [1.807, 2.05) is 6.92 Å². The van der Waals surface area contributed by atoms with Gasteiger partial charge in [0, 0.05) is 16.8 Å². The highest BCUT2D eigenvalue weighted by atomic mass is 35.5. The SMILES string of the molecule is Cc1nc(-c2ccc(F)cc2)nc(Cl)c1C(C)C. The number of rotatable bonds is 2. The zero-order valence-corrected chi connectivity index (χ0v) is 11.3. The van der Waals surface area contributed by atoms with Crippen molar-refractivity contribution in [3.05, 3.63) is 46.5 Å². The van der Waals surface area contributed by atoms with Crippen molar-refractivity contribution in [3.8, 4) is 11.4 Å². The molecule has 94 valence electrons. The van der Waals surface area contributed by atoms with Gasteiger partial charge < -0.3 is 0 Å². The van der Waals surface area contributed by atoms with Gasteiger partial charge in [0.05, 0.1) is 0 Å². The van der Waals surface area contributed by atoms with E-state index in [-0.39, 0.29) is 11.7 Å². The maximum Gasteiger partial charge on any atom is 0.161 e. The van der Waals surface area contributed by atoms with E-state index in [1.54, 1.807) is 12.1 Å². The topological polar surface area (TPSA) is 25.8 Å². The van der Waals surface area contributed by atoms with Gasteiger partial charge in [0.25, 0.3) is 0 Å². The molecule has 0 aliphatic rings. The number of benzene rings is 1. The average Bonchev–Trinajstić information content (AvgIpc) is 2.28. The van der Waals surface area contributed by atoms with Crippen LogP contribution in [-0.2, 0) is 0 Å². The quantitative estimate of drug-likeness (QED) is 0.753. The average molecular weight is 265 g/mol. The molecule has 0 aliphatic carbocycles. The molecule has 2 rings (SSSR count).